The van der Waals surface area contributed by atoms with E-state index in [1.807, 2.05) is 108 Å². The lowest BCUT2D eigenvalue weighted by molar-refractivity contribution is -0.660. The standard InChI is InChI=1S/C27H25N2O.3C22H26N.2C19H20N/c1-16-13-17(2)25(26-24(16)21-12-11-19(4)28-27(21)30-26)23-14-22(18(3)15-29(23)5)20-9-7-6-8-10-20;3*1-14(2)18-7-8-20-19(13-18)9-10-23(6)22(20)21-12-15(3)11-16(4)17(21)5;2*1-13-11-14(2)15(3)18(12-13)19-17-8-6-5-7-16(17)9-10-20(19)4/h6-15H,1-5H3;3*7-14H,1-6H3;2*5-12H,1-4H3/q6*+1/i1D3,3D3;1D3,14D;14D;;;. The Bertz CT molecular complexity index is 8510. The van der Waals surface area contributed by atoms with Crippen molar-refractivity contribution in [2.45, 2.75) is 191 Å². The van der Waals surface area contributed by atoms with Crippen LogP contribution in [0.25, 0.3) is 155 Å². The summed E-state index contributed by atoms with van der Waals surface area (Å²) < 4.78 is 108. The molecule has 8 heteroatoms. The van der Waals surface area contributed by atoms with Crippen LogP contribution in [0.15, 0.2) is 290 Å². The Morgan fingerprint density at radius 3 is 0.993 bits per heavy atom. The lowest BCUT2D eigenvalue weighted by atomic mass is 9.93. The van der Waals surface area contributed by atoms with Crippen LogP contribution in [0.3, 0.4) is 0 Å². The van der Waals surface area contributed by atoms with Crippen LogP contribution in [-0.2, 0) is 42.3 Å². The van der Waals surface area contributed by atoms with Crippen molar-refractivity contribution in [2.24, 2.45) is 42.3 Å². The molecule has 139 heavy (non-hydrogen) atoms. The van der Waals surface area contributed by atoms with Gasteiger partial charge in [0.05, 0.1) is 60.3 Å². The molecule has 0 saturated heterocycles. The van der Waals surface area contributed by atoms with Crippen LogP contribution in [0.2, 0.25) is 0 Å². The van der Waals surface area contributed by atoms with Crippen molar-refractivity contribution in [1.82, 2.24) is 4.98 Å². The highest BCUT2D eigenvalue weighted by Gasteiger charge is 2.29. The molecule has 20 rings (SSSR count). The maximum Gasteiger partial charge on any atom is 0.227 e. The van der Waals surface area contributed by atoms with Gasteiger partial charge in [0.25, 0.3) is 0 Å². The molecule has 0 fully saturated rings. The number of aryl methyl sites for hydroxylation is 20. The van der Waals surface area contributed by atoms with Crippen molar-refractivity contribution in [3.05, 3.63) is 408 Å². The van der Waals surface area contributed by atoms with Crippen molar-refractivity contribution in [3.8, 4) is 78.7 Å². The summed E-state index contributed by atoms with van der Waals surface area (Å²) in [6.07, 6.45) is 12.2. The zero-order valence-corrected chi connectivity index (χ0v) is 86.8. The van der Waals surface area contributed by atoms with Crippen LogP contribution in [0, 0.1) is 131 Å². The minimum atomic E-state index is -2.38. The molecule has 0 saturated carbocycles. The van der Waals surface area contributed by atoms with Gasteiger partial charge in [-0.25, -0.2) is 32.4 Å². The third-order valence-corrected chi connectivity index (χ3v) is 28.1. The van der Waals surface area contributed by atoms with Gasteiger partial charge in [0.2, 0.25) is 39.9 Å². The zero-order chi connectivity index (χ0) is 109. The molecule has 0 spiro atoms. The van der Waals surface area contributed by atoms with Crippen molar-refractivity contribution in [1.29, 1.82) is 0 Å². The van der Waals surface area contributed by atoms with Crippen LogP contribution < -0.4 is 27.4 Å². The average molecular weight is 1840 g/mol. The largest absolute Gasteiger partial charge is 0.437 e. The minimum Gasteiger partial charge on any atom is -0.437 e. The number of nitrogens with zero attached hydrogens (tertiary/aromatic N) is 7. The van der Waals surface area contributed by atoms with Crippen LogP contribution in [0.5, 0.6) is 0 Å². The molecule has 8 nitrogen and oxygen atoms in total. The smallest absolute Gasteiger partial charge is 0.227 e. The summed E-state index contributed by atoms with van der Waals surface area (Å²) in [5, 5.41) is 13.4. The van der Waals surface area contributed by atoms with Gasteiger partial charge in [-0.1, -0.05) is 209 Å². The molecule has 0 radical (unpaired) electrons. The van der Waals surface area contributed by atoms with Crippen LogP contribution in [-0.4, -0.2) is 4.98 Å². The summed E-state index contributed by atoms with van der Waals surface area (Å²) in [7, 11) is 12.3. The first-order valence-electron chi connectivity index (χ1n) is 53.9. The first-order chi connectivity index (χ1) is 70.5. The van der Waals surface area contributed by atoms with Crippen molar-refractivity contribution < 1.29 is 46.9 Å². The molecule has 0 aliphatic carbocycles. The van der Waals surface area contributed by atoms with E-state index in [0.717, 1.165) is 33.3 Å². The molecule has 1 unspecified atom stereocenters. The van der Waals surface area contributed by atoms with Gasteiger partial charge in [-0.05, 0) is 343 Å². The molecule has 8 aromatic heterocycles. The van der Waals surface area contributed by atoms with E-state index >= 15 is 0 Å². The Kier molecular flexibility index (Phi) is 25.5. The average Bonchev–Trinajstić information content (AvgIpc) is 1.56. The van der Waals surface area contributed by atoms with Crippen molar-refractivity contribution in [3.63, 3.8) is 0 Å². The second kappa shape index (κ2) is 41.6. The normalized spacial score (nSPS) is 13.3. The molecule has 0 amide bonds. The molecule has 12 aromatic carbocycles. The number of hydrogen-bond acceptors (Lipinski definition) is 2. The van der Waals surface area contributed by atoms with E-state index in [1.54, 1.807) is 29.9 Å². The number of fused-ring (bicyclic) bond motifs is 8. The number of rotatable bonds is 10. The predicted molar refractivity (Wildman–Crippen MR) is 589 cm³/mol. The third kappa shape index (κ3) is 20.8. The monoisotopic (exact) mass is 1840 g/mol. The maximum atomic E-state index is 8.38. The highest BCUT2D eigenvalue weighted by atomic mass is 16.3. The first kappa shape index (κ1) is 85.2. The molecule has 20 aromatic rings. The van der Waals surface area contributed by atoms with Gasteiger partial charge in [0, 0.05) is 73.5 Å². The van der Waals surface area contributed by atoms with Crippen LogP contribution in [0.4, 0.5) is 0 Å². The Labute approximate surface area is 842 Å². The number of furan rings is 1. The molecule has 1 atom stereocenters. The molecule has 702 valence electrons. The summed E-state index contributed by atoms with van der Waals surface area (Å²) in [6.45, 7) is 39.1. The van der Waals surface area contributed by atoms with Crippen molar-refractivity contribution in [2.75, 3.05) is 0 Å². The fourth-order valence-electron chi connectivity index (χ4n) is 19.9. The van der Waals surface area contributed by atoms with E-state index in [-0.39, 0.29) is 11.1 Å². The number of benzene rings is 12. The predicted octanol–water partition coefficient (Wildman–Crippen LogP) is 31.0. The van der Waals surface area contributed by atoms with E-state index in [1.165, 1.54) is 190 Å². The lowest BCUT2D eigenvalue weighted by Gasteiger charge is -2.12. The second-order valence-electron chi connectivity index (χ2n) is 39.2. The van der Waals surface area contributed by atoms with E-state index in [0.29, 0.717) is 55.9 Å². The van der Waals surface area contributed by atoms with E-state index in [9.17, 15) is 0 Å². The molecule has 0 bridgehead atoms. The summed E-state index contributed by atoms with van der Waals surface area (Å²) in [5.41, 5.74) is 40.9. The first-order valence-corrected chi connectivity index (χ1v) is 48.4. The second-order valence-corrected chi connectivity index (χ2v) is 39.2. The fourth-order valence-corrected chi connectivity index (χ4v) is 19.9. The van der Waals surface area contributed by atoms with Gasteiger partial charge < -0.3 is 4.42 Å². The van der Waals surface area contributed by atoms with Crippen LogP contribution in [0.1, 0.15) is 197 Å². The summed E-state index contributed by atoms with van der Waals surface area (Å²) in [5.74, 6) is -1.67. The fraction of sp³-hybridized carbons (Fsp3) is 0.260. The molecule has 0 aliphatic rings. The molecule has 8 heterocycles. The third-order valence-electron chi connectivity index (χ3n) is 28.1. The number of aromatic nitrogens is 7. The summed E-state index contributed by atoms with van der Waals surface area (Å²) in [4.78, 5) is 4.50. The Balaban J connectivity index is 0.000000136. The van der Waals surface area contributed by atoms with Gasteiger partial charge in [-0.15, -0.1) is 0 Å². The van der Waals surface area contributed by atoms with Gasteiger partial charge in [-0.3, -0.25) is 0 Å². The zero-order valence-electron chi connectivity index (χ0n) is 97.8. The molecular weight excluding hydrogens is 1690 g/mol. The van der Waals surface area contributed by atoms with Gasteiger partial charge in [0.15, 0.2) is 42.8 Å². The quantitative estimate of drug-likeness (QED) is 0.128. The highest BCUT2D eigenvalue weighted by Crippen LogP contribution is 2.43. The SMILES string of the molecule is Cc1cc(C)c(C)c(-c2c3ccc(C(C)C)cc3cc[n+]2C)c1.Cc1cc(C)c(C)c(-c2c3ccccc3cc[n+]2C)c1.Cc1cc(C)c(C)c(-c2c3ccccc3cc[n+]2C)c1.[2H]C(C)(C)c1ccc2c(-c3cc(C)cc(C)c3C)[n+](C)ccc2c1.[2H]C([2H])([2H])C([2H])(C)c1ccc2c(-c3cc(C)cc(C)c3C)[n+](C)ccc2c1.[2H]C([2H])([2H])c1c[n+](C)c(-c2c(C)cc(C([2H])([2H])[2H])c3c2oc2nc(C)ccc23)cc1-c1ccccc1. The molecular formula is C131H143N7O+6. The van der Waals surface area contributed by atoms with Gasteiger partial charge >= 0.3 is 0 Å². The summed E-state index contributed by atoms with van der Waals surface area (Å²) in [6, 6.07) is 86.0. The number of pyridine rings is 7. The number of hydrogen-bond donors (Lipinski definition) is 0. The Morgan fingerprint density at radius 1 is 0.288 bits per heavy atom. The minimum absolute atomic E-state index is 0.202. The molecule has 0 aliphatic heterocycles. The van der Waals surface area contributed by atoms with Crippen molar-refractivity contribution >= 4 is 75.9 Å². The summed E-state index contributed by atoms with van der Waals surface area (Å²) >= 11 is 0. The Hall–Kier alpha value is -14.2. The van der Waals surface area contributed by atoms with E-state index in [2.05, 4.69) is 368 Å². The Morgan fingerprint density at radius 2 is 0.626 bits per heavy atom. The lowest BCUT2D eigenvalue weighted by Crippen LogP contribution is -2.31. The van der Waals surface area contributed by atoms with E-state index in [4.69, 9.17) is 19.5 Å². The maximum absolute atomic E-state index is 8.38. The highest BCUT2D eigenvalue weighted by molar-refractivity contribution is 6.11. The van der Waals surface area contributed by atoms with Gasteiger partial charge in [0.1, 0.15) is 42.3 Å². The topological polar surface area (TPSA) is 49.3 Å². The van der Waals surface area contributed by atoms with E-state index < -0.39 is 32.3 Å². The van der Waals surface area contributed by atoms with Crippen LogP contribution >= 0.6 is 0 Å². The molecule has 0 N–H and O–H groups in total. The van der Waals surface area contributed by atoms with Gasteiger partial charge in [-0.2, -0.15) is 0 Å².